The van der Waals surface area contributed by atoms with Gasteiger partial charge in [-0.05, 0) is 23.8 Å². The zero-order valence-corrected chi connectivity index (χ0v) is 12.6. The number of carbonyl (C=O) groups is 1. The van der Waals surface area contributed by atoms with Crippen molar-refractivity contribution in [2.45, 2.75) is 12.5 Å². The monoisotopic (exact) mass is 325 g/mol. The van der Waals surface area contributed by atoms with Gasteiger partial charge in [0.05, 0.1) is 4.92 Å². The number of nitrogens with zero attached hydrogens (tertiary/aromatic N) is 1. The van der Waals surface area contributed by atoms with E-state index in [1.807, 2.05) is 30.5 Å². The molecule has 3 rings (SSSR count). The summed E-state index contributed by atoms with van der Waals surface area (Å²) in [5.74, 6) is -0.367. The summed E-state index contributed by atoms with van der Waals surface area (Å²) in [5, 5.41) is 11.6. The van der Waals surface area contributed by atoms with Gasteiger partial charge in [-0.3, -0.25) is 10.1 Å². The van der Waals surface area contributed by atoms with Gasteiger partial charge in [-0.1, -0.05) is 18.2 Å². The summed E-state index contributed by atoms with van der Waals surface area (Å²) in [6.07, 6.45) is 2.15. The number of esters is 1. The highest BCUT2D eigenvalue weighted by atomic mass is 16.6. The molecule has 0 aliphatic rings. The lowest BCUT2D eigenvalue weighted by Gasteiger charge is -2.10. The fourth-order valence-corrected chi connectivity index (χ4v) is 2.45. The normalized spacial score (nSPS) is 12.0. The van der Waals surface area contributed by atoms with Crippen LogP contribution in [0.1, 0.15) is 5.56 Å². The molecule has 122 valence electrons. The molecule has 2 aromatic carbocycles. The van der Waals surface area contributed by atoms with Gasteiger partial charge in [-0.2, -0.15) is 0 Å². The number of non-ortho nitro benzene ring substituents is 1. The van der Waals surface area contributed by atoms with E-state index < -0.39 is 16.9 Å². The number of nitro groups is 1. The first-order valence-corrected chi connectivity index (χ1v) is 7.31. The molecular formula is C17H15N3O4. The van der Waals surface area contributed by atoms with E-state index >= 15 is 0 Å². The molecular weight excluding hydrogens is 310 g/mol. The molecule has 0 unspecified atom stereocenters. The number of H-pyrrole nitrogens is 1. The quantitative estimate of drug-likeness (QED) is 0.324. The van der Waals surface area contributed by atoms with E-state index in [2.05, 4.69) is 4.98 Å². The van der Waals surface area contributed by atoms with Crippen molar-refractivity contribution >= 4 is 22.6 Å². The van der Waals surface area contributed by atoms with Crippen molar-refractivity contribution < 1.29 is 14.5 Å². The van der Waals surface area contributed by atoms with Crippen LogP contribution in [0.5, 0.6) is 5.75 Å². The van der Waals surface area contributed by atoms with Gasteiger partial charge in [-0.25, -0.2) is 4.79 Å². The zero-order valence-electron chi connectivity index (χ0n) is 12.6. The summed E-state index contributed by atoms with van der Waals surface area (Å²) in [7, 11) is 0. The average Bonchev–Trinajstić information content (AvgIpc) is 2.98. The summed E-state index contributed by atoms with van der Waals surface area (Å²) in [4.78, 5) is 25.3. The minimum Gasteiger partial charge on any atom is -0.425 e. The lowest BCUT2D eigenvalue weighted by molar-refractivity contribution is -0.384. The van der Waals surface area contributed by atoms with Crippen molar-refractivity contribution in [2.24, 2.45) is 5.73 Å². The molecule has 0 spiro atoms. The lowest BCUT2D eigenvalue weighted by atomic mass is 10.1. The van der Waals surface area contributed by atoms with E-state index in [0.717, 1.165) is 16.5 Å². The van der Waals surface area contributed by atoms with Crippen LogP contribution in [0.3, 0.4) is 0 Å². The first kappa shape index (κ1) is 15.7. The second kappa shape index (κ2) is 6.51. The maximum absolute atomic E-state index is 12.1. The minimum absolute atomic E-state index is 0.0714. The number of rotatable bonds is 5. The molecule has 0 fully saturated rings. The van der Waals surface area contributed by atoms with Crippen molar-refractivity contribution in [3.63, 3.8) is 0 Å². The Morgan fingerprint density at radius 2 is 1.92 bits per heavy atom. The maximum Gasteiger partial charge on any atom is 0.328 e. The first-order valence-electron chi connectivity index (χ1n) is 7.31. The fourth-order valence-electron chi connectivity index (χ4n) is 2.45. The number of nitrogens with two attached hydrogens (primary N) is 1. The fraction of sp³-hybridized carbons (Fsp3) is 0.118. The zero-order chi connectivity index (χ0) is 17.1. The van der Waals surface area contributed by atoms with Gasteiger partial charge in [-0.15, -0.1) is 0 Å². The van der Waals surface area contributed by atoms with E-state index in [4.69, 9.17) is 10.5 Å². The standard InChI is InChI=1S/C17H15N3O4/c18-15(9-11-10-19-16-4-2-1-3-14(11)16)17(21)24-13-7-5-12(6-8-13)20(22)23/h1-8,10,15,19H,9,18H2/t15-/m0/s1. The molecule has 3 N–H and O–H groups in total. The van der Waals surface area contributed by atoms with Gasteiger partial charge >= 0.3 is 5.97 Å². The second-order valence-electron chi connectivity index (χ2n) is 5.34. The molecule has 0 saturated heterocycles. The molecule has 0 saturated carbocycles. The van der Waals surface area contributed by atoms with Crippen LogP contribution in [0, 0.1) is 10.1 Å². The third-order valence-electron chi connectivity index (χ3n) is 3.68. The number of carbonyl (C=O) groups excluding carboxylic acids is 1. The molecule has 1 aromatic heterocycles. The molecule has 0 aliphatic carbocycles. The molecule has 0 radical (unpaired) electrons. The third-order valence-corrected chi connectivity index (χ3v) is 3.68. The van der Waals surface area contributed by atoms with Crippen molar-refractivity contribution in [1.82, 2.24) is 4.98 Å². The second-order valence-corrected chi connectivity index (χ2v) is 5.34. The van der Waals surface area contributed by atoms with Crippen LogP contribution in [-0.2, 0) is 11.2 Å². The number of hydrogen-bond donors (Lipinski definition) is 2. The molecule has 3 aromatic rings. The number of ether oxygens (including phenoxy) is 1. The SMILES string of the molecule is N[C@@H](Cc1c[nH]c2ccccc12)C(=O)Oc1ccc([N+](=O)[O-])cc1. The Labute approximate surface area is 137 Å². The Morgan fingerprint density at radius 1 is 1.21 bits per heavy atom. The highest BCUT2D eigenvalue weighted by Gasteiger charge is 2.18. The topological polar surface area (TPSA) is 111 Å². The van der Waals surface area contributed by atoms with Gasteiger partial charge < -0.3 is 15.5 Å². The van der Waals surface area contributed by atoms with Gasteiger partial charge in [0.2, 0.25) is 0 Å². The molecule has 24 heavy (non-hydrogen) atoms. The van der Waals surface area contributed by atoms with Crippen LogP contribution in [0.4, 0.5) is 5.69 Å². The number of nitro benzene ring substituents is 1. The first-order chi connectivity index (χ1) is 11.5. The highest BCUT2D eigenvalue weighted by molar-refractivity contribution is 5.85. The van der Waals surface area contributed by atoms with Gasteiger partial charge in [0.15, 0.2) is 0 Å². The van der Waals surface area contributed by atoms with E-state index in [0.29, 0.717) is 6.42 Å². The van der Waals surface area contributed by atoms with Crippen LogP contribution in [0.2, 0.25) is 0 Å². The van der Waals surface area contributed by atoms with Crippen LogP contribution in [0.25, 0.3) is 10.9 Å². The summed E-state index contributed by atoms with van der Waals surface area (Å²) < 4.78 is 5.17. The highest BCUT2D eigenvalue weighted by Crippen LogP contribution is 2.20. The maximum atomic E-state index is 12.1. The number of nitrogens with one attached hydrogen (secondary N) is 1. The average molecular weight is 325 g/mol. The Balaban J connectivity index is 1.67. The van der Waals surface area contributed by atoms with Crippen LogP contribution in [0.15, 0.2) is 54.7 Å². The summed E-state index contributed by atoms with van der Waals surface area (Å²) >= 11 is 0. The minimum atomic E-state index is -0.834. The summed E-state index contributed by atoms with van der Waals surface area (Å²) in [6, 6.07) is 12.2. The predicted octanol–water partition coefficient (Wildman–Crippen LogP) is 2.55. The van der Waals surface area contributed by atoms with E-state index in [1.165, 1.54) is 24.3 Å². The molecule has 0 amide bonds. The van der Waals surface area contributed by atoms with Crippen LogP contribution >= 0.6 is 0 Å². The third kappa shape index (κ3) is 3.26. The van der Waals surface area contributed by atoms with Crippen molar-refractivity contribution in [1.29, 1.82) is 0 Å². The lowest BCUT2D eigenvalue weighted by Crippen LogP contribution is -2.36. The van der Waals surface area contributed by atoms with E-state index in [9.17, 15) is 14.9 Å². The molecule has 7 heteroatoms. The Bertz CT molecular complexity index is 886. The Morgan fingerprint density at radius 3 is 2.62 bits per heavy atom. The summed E-state index contributed by atoms with van der Waals surface area (Å²) in [5.41, 5.74) is 7.76. The number of benzene rings is 2. The Kier molecular flexibility index (Phi) is 4.26. The van der Waals surface area contributed by atoms with E-state index in [-0.39, 0.29) is 11.4 Å². The van der Waals surface area contributed by atoms with Crippen LogP contribution < -0.4 is 10.5 Å². The van der Waals surface area contributed by atoms with Gasteiger partial charge in [0.25, 0.3) is 5.69 Å². The number of aromatic amines is 1. The van der Waals surface area contributed by atoms with Crippen LogP contribution in [-0.4, -0.2) is 21.9 Å². The number of fused-ring (bicyclic) bond motifs is 1. The van der Waals surface area contributed by atoms with Crippen molar-refractivity contribution in [3.8, 4) is 5.75 Å². The molecule has 1 atom stereocenters. The number of aromatic nitrogens is 1. The van der Waals surface area contributed by atoms with Gasteiger partial charge in [0.1, 0.15) is 11.8 Å². The largest absolute Gasteiger partial charge is 0.425 e. The molecule has 0 bridgehead atoms. The molecule has 0 aliphatic heterocycles. The van der Waals surface area contributed by atoms with Crippen molar-refractivity contribution in [3.05, 3.63) is 70.4 Å². The number of para-hydroxylation sites is 1. The number of hydrogen-bond acceptors (Lipinski definition) is 5. The van der Waals surface area contributed by atoms with Gasteiger partial charge in [0, 0.05) is 35.7 Å². The summed E-state index contributed by atoms with van der Waals surface area (Å²) in [6.45, 7) is 0. The van der Waals surface area contributed by atoms with Crippen molar-refractivity contribution in [2.75, 3.05) is 0 Å². The smallest absolute Gasteiger partial charge is 0.328 e. The predicted molar refractivity (Wildman–Crippen MR) is 88.7 cm³/mol. The molecule has 7 nitrogen and oxygen atoms in total. The molecule has 1 heterocycles. The Hall–Kier alpha value is -3.19. The van der Waals surface area contributed by atoms with E-state index in [1.54, 1.807) is 0 Å².